The third kappa shape index (κ3) is 2.40. The highest BCUT2D eigenvalue weighted by Gasteiger charge is 2.16. The predicted octanol–water partition coefficient (Wildman–Crippen LogP) is 2.31. The highest BCUT2D eigenvalue weighted by Crippen LogP contribution is 2.39. The summed E-state index contributed by atoms with van der Waals surface area (Å²) in [6, 6.07) is 1.83. The molecule has 16 heavy (non-hydrogen) atoms. The van der Waals surface area contributed by atoms with Gasteiger partial charge in [-0.2, -0.15) is 0 Å². The molecule has 0 aliphatic rings. The van der Waals surface area contributed by atoms with Crippen LogP contribution in [0.4, 0.5) is 0 Å². The van der Waals surface area contributed by atoms with Gasteiger partial charge >= 0.3 is 0 Å². The zero-order valence-corrected chi connectivity index (χ0v) is 10.4. The molecule has 1 rings (SSSR count). The first-order valence-electron chi connectivity index (χ1n) is 4.93. The van der Waals surface area contributed by atoms with E-state index in [2.05, 4.69) is 4.84 Å². The first kappa shape index (κ1) is 13.1. The Hall–Kier alpha value is -0.970. The van der Waals surface area contributed by atoms with E-state index in [4.69, 9.17) is 27.0 Å². The largest absolute Gasteiger partial charge is 0.493 e. The van der Waals surface area contributed by atoms with Crippen molar-refractivity contribution in [2.24, 2.45) is 5.90 Å². The summed E-state index contributed by atoms with van der Waals surface area (Å²) < 4.78 is 10.4. The molecule has 0 spiro atoms. The van der Waals surface area contributed by atoms with Gasteiger partial charge in [-0.15, -0.1) is 0 Å². The number of rotatable bonds is 5. The van der Waals surface area contributed by atoms with E-state index in [0.717, 1.165) is 17.5 Å². The van der Waals surface area contributed by atoms with Crippen LogP contribution in [0, 0.1) is 0 Å². The van der Waals surface area contributed by atoms with E-state index in [1.54, 1.807) is 14.2 Å². The Morgan fingerprint density at radius 2 is 2.00 bits per heavy atom. The van der Waals surface area contributed by atoms with Gasteiger partial charge in [0, 0.05) is 0 Å². The standard InChI is InChI=1S/C11H16ClNO3/c1-4-8-7(6-16-13)5-9(14-2)11(15-3)10(8)12/h5H,4,6,13H2,1-3H3. The van der Waals surface area contributed by atoms with E-state index in [1.165, 1.54) is 0 Å². The number of nitrogens with two attached hydrogens (primary N) is 1. The Kier molecular flexibility index (Phi) is 4.86. The van der Waals surface area contributed by atoms with E-state index >= 15 is 0 Å². The molecule has 1 aromatic rings. The van der Waals surface area contributed by atoms with Gasteiger partial charge in [-0.1, -0.05) is 18.5 Å². The van der Waals surface area contributed by atoms with Crippen molar-refractivity contribution in [1.29, 1.82) is 0 Å². The van der Waals surface area contributed by atoms with Crippen molar-refractivity contribution in [3.63, 3.8) is 0 Å². The van der Waals surface area contributed by atoms with E-state index < -0.39 is 0 Å². The molecule has 0 heterocycles. The monoisotopic (exact) mass is 245 g/mol. The topological polar surface area (TPSA) is 53.7 Å². The van der Waals surface area contributed by atoms with Crippen molar-refractivity contribution in [3.05, 3.63) is 22.2 Å². The van der Waals surface area contributed by atoms with Crippen molar-refractivity contribution >= 4 is 11.6 Å². The van der Waals surface area contributed by atoms with Crippen molar-refractivity contribution < 1.29 is 14.3 Å². The molecule has 4 nitrogen and oxygen atoms in total. The lowest BCUT2D eigenvalue weighted by Crippen LogP contribution is -2.04. The molecule has 90 valence electrons. The number of hydrogen-bond donors (Lipinski definition) is 1. The Balaban J connectivity index is 3.35. The highest BCUT2D eigenvalue weighted by atomic mass is 35.5. The molecule has 0 unspecified atom stereocenters. The van der Waals surface area contributed by atoms with Crippen LogP contribution in [0.2, 0.25) is 5.02 Å². The van der Waals surface area contributed by atoms with Crippen molar-refractivity contribution in [2.75, 3.05) is 14.2 Å². The molecular formula is C11H16ClNO3. The average molecular weight is 246 g/mol. The van der Waals surface area contributed by atoms with Crippen LogP contribution < -0.4 is 15.4 Å². The van der Waals surface area contributed by atoms with E-state index in [-0.39, 0.29) is 0 Å². The average Bonchev–Trinajstić information content (AvgIpc) is 2.29. The van der Waals surface area contributed by atoms with Gasteiger partial charge in [-0.05, 0) is 23.6 Å². The molecule has 2 N–H and O–H groups in total. The SMILES string of the molecule is CCc1c(CON)cc(OC)c(OC)c1Cl. The maximum absolute atomic E-state index is 6.23. The summed E-state index contributed by atoms with van der Waals surface area (Å²) in [5, 5.41) is 0.552. The minimum atomic E-state index is 0.295. The van der Waals surface area contributed by atoms with Crippen LogP contribution in [0.5, 0.6) is 11.5 Å². The summed E-state index contributed by atoms with van der Waals surface area (Å²) in [7, 11) is 3.12. The fraction of sp³-hybridized carbons (Fsp3) is 0.455. The molecule has 0 atom stereocenters. The second-order valence-electron chi connectivity index (χ2n) is 3.23. The van der Waals surface area contributed by atoms with Gasteiger partial charge in [-0.25, -0.2) is 5.90 Å². The summed E-state index contributed by atoms with van der Waals surface area (Å²) in [4.78, 5) is 4.64. The van der Waals surface area contributed by atoms with Gasteiger partial charge in [0.05, 0.1) is 25.8 Å². The summed E-state index contributed by atoms with van der Waals surface area (Å²) in [6.45, 7) is 2.30. The molecule has 1 aromatic carbocycles. The van der Waals surface area contributed by atoms with Gasteiger partial charge in [0.1, 0.15) is 0 Å². The van der Waals surface area contributed by atoms with E-state index in [1.807, 2.05) is 13.0 Å². The van der Waals surface area contributed by atoms with Crippen LogP contribution in [0.15, 0.2) is 6.07 Å². The van der Waals surface area contributed by atoms with Gasteiger partial charge in [0.15, 0.2) is 11.5 Å². The highest BCUT2D eigenvalue weighted by molar-refractivity contribution is 6.33. The summed E-state index contributed by atoms with van der Waals surface area (Å²) in [6.07, 6.45) is 0.776. The van der Waals surface area contributed by atoms with Crippen molar-refractivity contribution in [2.45, 2.75) is 20.0 Å². The molecule has 5 heteroatoms. The Labute approximate surface area is 100 Å². The second-order valence-corrected chi connectivity index (χ2v) is 3.61. The fourth-order valence-corrected chi connectivity index (χ4v) is 2.07. The molecular weight excluding hydrogens is 230 g/mol. The minimum absolute atomic E-state index is 0.295. The lowest BCUT2D eigenvalue weighted by molar-refractivity contribution is 0.123. The summed E-state index contributed by atoms with van der Waals surface area (Å²) in [5.41, 5.74) is 1.87. The fourth-order valence-electron chi connectivity index (χ4n) is 1.64. The first-order valence-corrected chi connectivity index (χ1v) is 5.31. The molecule has 0 saturated carbocycles. The van der Waals surface area contributed by atoms with Crippen molar-refractivity contribution in [3.8, 4) is 11.5 Å². The number of benzene rings is 1. The van der Waals surface area contributed by atoms with Crippen molar-refractivity contribution in [1.82, 2.24) is 0 Å². The van der Waals surface area contributed by atoms with E-state index in [0.29, 0.717) is 23.1 Å². The quantitative estimate of drug-likeness (QED) is 0.809. The van der Waals surface area contributed by atoms with Crippen LogP contribution in [0.3, 0.4) is 0 Å². The Bertz CT molecular complexity index is 369. The Morgan fingerprint density at radius 3 is 2.44 bits per heavy atom. The lowest BCUT2D eigenvalue weighted by Gasteiger charge is -2.16. The molecule has 0 saturated heterocycles. The first-order chi connectivity index (χ1) is 7.69. The number of methoxy groups -OCH3 is 2. The summed E-state index contributed by atoms with van der Waals surface area (Å²) in [5.74, 6) is 6.20. The minimum Gasteiger partial charge on any atom is -0.493 e. The van der Waals surface area contributed by atoms with Crippen LogP contribution in [0.1, 0.15) is 18.1 Å². The van der Waals surface area contributed by atoms with Gasteiger partial charge in [0.2, 0.25) is 0 Å². The van der Waals surface area contributed by atoms with Crippen LogP contribution in [0.25, 0.3) is 0 Å². The number of ether oxygens (including phenoxy) is 2. The molecule has 0 radical (unpaired) electrons. The van der Waals surface area contributed by atoms with Crippen LogP contribution >= 0.6 is 11.6 Å². The third-order valence-electron chi connectivity index (χ3n) is 2.40. The lowest BCUT2D eigenvalue weighted by atomic mass is 10.0. The van der Waals surface area contributed by atoms with E-state index in [9.17, 15) is 0 Å². The summed E-state index contributed by atoms with van der Waals surface area (Å²) >= 11 is 6.23. The Morgan fingerprint density at radius 1 is 1.31 bits per heavy atom. The smallest absolute Gasteiger partial charge is 0.179 e. The number of hydrogen-bond acceptors (Lipinski definition) is 4. The zero-order valence-electron chi connectivity index (χ0n) is 9.67. The normalized spacial score (nSPS) is 10.3. The van der Waals surface area contributed by atoms with Gasteiger partial charge in [0.25, 0.3) is 0 Å². The number of halogens is 1. The van der Waals surface area contributed by atoms with Gasteiger partial charge in [-0.3, -0.25) is 4.84 Å². The maximum atomic E-state index is 6.23. The molecule has 0 aliphatic heterocycles. The van der Waals surface area contributed by atoms with Gasteiger partial charge < -0.3 is 9.47 Å². The second kappa shape index (κ2) is 5.94. The maximum Gasteiger partial charge on any atom is 0.179 e. The molecule has 0 fully saturated rings. The molecule has 0 bridgehead atoms. The molecule has 0 aliphatic carbocycles. The zero-order chi connectivity index (χ0) is 12.1. The predicted molar refractivity (Wildman–Crippen MR) is 62.9 cm³/mol. The van der Waals surface area contributed by atoms with Crippen LogP contribution in [-0.4, -0.2) is 14.2 Å². The van der Waals surface area contributed by atoms with Crippen LogP contribution in [-0.2, 0) is 17.9 Å². The molecule has 0 amide bonds. The third-order valence-corrected chi connectivity index (χ3v) is 2.80. The molecule has 0 aromatic heterocycles.